The maximum atomic E-state index is 10.1. The van der Waals surface area contributed by atoms with Crippen LogP contribution in [0.25, 0.3) is 11.1 Å². The molecule has 0 fully saturated rings. The predicted molar refractivity (Wildman–Crippen MR) is 93.2 cm³/mol. The number of aromatic hydroxyl groups is 1. The van der Waals surface area contributed by atoms with Gasteiger partial charge >= 0.3 is 0 Å². The molecule has 0 saturated heterocycles. The summed E-state index contributed by atoms with van der Waals surface area (Å²) < 4.78 is 0. The third-order valence-corrected chi connectivity index (χ3v) is 3.84. The van der Waals surface area contributed by atoms with Gasteiger partial charge in [0.25, 0.3) is 0 Å². The second-order valence-corrected chi connectivity index (χ2v) is 5.38. The van der Waals surface area contributed by atoms with Gasteiger partial charge in [-0.1, -0.05) is 54.6 Å². The Bertz CT molecular complexity index is 785. The van der Waals surface area contributed by atoms with E-state index in [2.05, 4.69) is 5.32 Å². The van der Waals surface area contributed by atoms with Gasteiger partial charge in [0, 0.05) is 23.4 Å². The molecule has 23 heavy (non-hydrogen) atoms. The number of aliphatic hydroxyl groups excluding tert-OH is 1. The average Bonchev–Trinajstić information content (AvgIpc) is 2.62. The molecule has 0 heterocycles. The number of phenolic OH excluding ortho intramolecular Hbond substituents is 1. The molecule has 0 radical (unpaired) electrons. The molecule has 0 unspecified atom stereocenters. The van der Waals surface area contributed by atoms with Gasteiger partial charge in [-0.2, -0.15) is 0 Å². The first-order chi connectivity index (χ1) is 11.3. The summed E-state index contributed by atoms with van der Waals surface area (Å²) in [5.41, 5.74) is 4.71. The van der Waals surface area contributed by atoms with E-state index in [0.717, 1.165) is 27.9 Å². The molecule has 0 aromatic heterocycles. The van der Waals surface area contributed by atoms with Crippen molar-refractivity contribution < 1.29 is 10.2 Å². The van der Waals surface area contributed by atoms with Gasteiger partial charge in [-0.3, -0.25) is 0 Å². The van der Waals surface area contributed by atoms with Crippen LogP contribution < -0.4 is 5.32 Å². The SMILES string of the molecule is OCc1ccccc1NCc1cc(-c2ccccc2)ccc1O. The van der Waals surface area contributed by atoms with E-state index in [0.29, 0.717) is 6.54 Å². The van der Waals surface area contributed by atoms with Gasteiger partial charge in [0.15, 0.2) is 0 Å². The number of phenols is 1. The Morgan fingerprint density at radius 2 is 1.48 bits per heavy atom. The largest absolute Gasteiger partial charge is 0.508 e. The van der Waals surface area contributed by atoms with Gasteiger partial charge in [-0.15, -0.1) is 0 Å². The fourth-order valence-electron chi connectivity index (χ4n) is 2.56. The highest BCUT2D eigenvalue weighted by atomic mass is 16.3. The number of hydrogen-bond donors (Lipinski definition) is 3. The number of rotatable bonds is 5. The maximum Gasteiger partial charge on any atom is 0.120 e. The summed E-state index contributed by atoms with van der Waals surface area (Å²) in [5.74, 6) is 0.263. The lowest BCUT2D eigenvalue weighted by molar-refractivity contribution is 0.282. The molecule has 0 atom stereocenters. The number of aliphatic hydroxyl groups is 1. The summed E-state index contributed by atoms with van der Waals surface area (Å²) in [6, 6.07) is 23.3. The van der Waals surface area contributed by atoms with Gasteiger partial charge in [0.2, 0.25) is 0 Å². The Morgan fingerprint density at radius 3 is 2.26 bits per heavy atom. The minimum absolute atomic E-state index is 0.0147. The van der Waals surface area contributed by atoms with Crippen molar-refractivity contribution in [1.82, 2.24) is 0 Å². The van der Waals surface area contributed by atoms with E-state index in [9.17, 15) is 10.2 Å². The van der Waals surface area contributed by atoms with Gasteiger partial charge in [0.05, 0.1) is 6.61 Å². The molecule has 0 spiro atoms. The van der Waals surface area contributed by atoms with Crippen LogP contribution in [0.2, 0.25) is 0 Å². The minimum Gasteiger partial charge on any atom is -0.508 e. The van der Waals surface area contributed by atoms with Crippen molar-refractivity contribution in [1.29, 1.82) is 0 Å². The second-order valence-electron chi connectivity index (χ2n) is 5.38. The molecular weight excluding hydrogens is 286 g/mol. The predicted octanol–water partition coefficient (Wildman–Crippen LogP) is 4.16. The Hall–Kier alpha value is -2.78. The summed E-state index contributed by atoms with van der Waals surface area (Å²) in [4.78, 5) is 0. The molecule has 0 aliphatic heterocycles. The zero-order valence-electron chi connectivity index (χ0n) is 12.7. The second kappa shape index (κ2) is 6.99. The maximum absolute atomic E-state index is 10.1. The quantitative estimate of drug-likeness (QED) is 0.663. The third-order valence-electron chi connectivity index (χ3n) is 3.84. The number of hydrogen-bond acceptors (Lipinski definition) is 3. The molecule has 0 aliphatic rings. The lowest BCUT2D eigenvalue weighted by atomic mass is 10.0. The van der Waals surface area contributed by atoms with Crippen molar-refractivity contribution in [2.24, 2.45) is 0 Å². The Morgan fingerprint density at radius 1 is 0.739 bits per heavy atom. The average molecular weight is 305 g/mol. The fraction of sp³-hybridized carbons (Fsp3) is 0.100. The van der Waals surface area contributed by atoms with Gasteiger partial charge < -0.3 is 15.5 Å². The van der Waals surface area contributed by atoms with Crippen LogP contribution in [0.5, 0.6) is 5.75 Å². The molecule has 3 aromatic carbocycles. The van der Waals surface area contributed by atoms with Gasteiger partial charge in [-0.05, 0) is 29.3 Å². The van der Waals surface area contributed by atoms with Crippen LogP contribution in [0, 0.1) is 0 Å². The van der Waals surface area contributed by atoms with E-state index in [1.807, 2.05) is 66.7 Å². The Labute approximate surface area is 135 Å². The van der Waals surface area contributed by atoms with Crippen LogP contribution in [-0.2, 0) is 13.2 Å². The highest BCUT2D eigenvalue weighted by Gasteiger charge is 2.06. The van der Waals surface area contributed by atoms with Crippen molar-refractivity contribution in [3.8, 4) is 16.9 Å². The molecule has 0 bridgehead atoms. The van der Waals surface area contributed by atoms with E-state index in [1.165, 1.54) is 0 Å². The topological polar surface area (TPSA) is 52.5 Å². The molecule has 0 saturated carbocycles. The first kappa shape index (κ1) is 15.1. The zero-order chi connectivity index (χ0) is 16.1. The highest BCUT2D eigenvalue weighted by Crippen LogP contribution is 2.27. The molecular formula is C20H19NO2. The Balaban J connectivity index is 1.83. The molecule has 3 N–H and O–H groups in total. The summed E-state index contributed by atoms with van der Waals surface area (Å²) in [6.45, 7) is 0.475. The monoisotopic (exact) mass is 305 g/mol. The van der Waals surface area contributed by atoms with Crippen molar-refractivity contribution in [3.05, 3.63) is 83.9 Å². The van der Waals surface area contributed by atoms with E-state index in [4.69, 9.17) is 0 Å². The van der Waals surface area contributed by atoms with Crippen molar-refractivity contribution >= 4 is 5.69 Å². The molecule has 0 amide bonds. The lowest BCUT2D eigenvalue weighted by Gasteiger charge is -2.12. The lowest BCUT2D eigenvalue weighted by Crippen LogP contribution is -2.03. The van der Waals surface area contributed by atoms with E-state index < -0.39 is 0 Å². The van der Waals surface area contributed by atoms with Crippen LogP contribution >= 0.6 is 0 Å². The standard InChI is InChI=1S/C20H19NO2/c22-14-17-8-4-5-9-19(17)21-13-18-12-16(10-11-20(18)23)15-6-2-1-3-7-15/h1-12,21-23H,13-14H2. The van der Waals surface area contributed by atoms with Crippen LogP contribution in [0.4, 0.5) is 5.69 Å². The first-order valence-corrected chi connectivity index (χ1v) is 7.58. The Kier molecular flexibility index (Phi) is 4.60. The van der Waals surface area contributed by atoms with E-state index in [1.54, 1.807) is 6.07 Å². The van der Waals surface area contributed by atoms with E-state index >= 15 is 0 Å². The molecule has 3 nitrogen and oxygen atoms in total. The van der Waals surface area contributed by atoms with Crippen molar-refractivity contribution in [2.45, 2.75) is 13.2 Å². The molecule has 3 rings (SSSR count). The van der Waals surface area contributed by atoms with Gasteiger partial charge in [-0.25, -0.2) is 0 Å². The van der Waals surface area contributed by atoms with E-state index in [-0.39, 0.29) is 12.4 Å². The summed E-state index contributed by atoms with van der Waals surface area (Å²) in [5, 5.41) is 22.8. The minimum atomic E-state index is -0.0147. The van der Waals surface area contributed by atoms with Crippen LogP contribution in [-0.4, -0.2) is 10.2 Å². The number of anilines is 1. The number of nitrogens with one attached hydrogen (secondary N) is 1. The summed E-state index contributed by atoms with van der Waals surface area (Å²) in [7, 11) is 0. The van der Waals surface area contributed by atoms with Crippen molar-refractivity contribution in [2.75, 3.05) is 5.32 Å². The number of para-hydroxylation sites is 1. The van der Waals surface area contributed by atoms with Gasteiger partial charge in [0.1, 0.15) is 5.75 Å². The van der Waals surface area contributed by atoms with Crippen LogP contribution in [0.3, 0.4) is 0 Å². The smallest absolute Gasteiger partial charge is 0.120 e. The highest BCUT2D eigenvalue weighted by molar-refractivity contribution is 5.66. The van der Waals surface area contributed by atoms with Crippen LogP contribution in [0.15, 0.2) is 72.8 Å². The van der Waals surface area contributed by atoms with Crippen molar-refractivity contribution in [3.63, 3.8) is 0 Å². The molecule has 116 valence electrons. The zero-order valence-corrected chi connectivity index (χ0v) is 12.7. The fourth-order valence-corrected chi connectivity index (χ4v) is 2.56. The molecule has 0 aliphatic carbocycles. The third kappa shape index (κ3) is 3.52. The molecule has 3 aromatic rings. The summed E-state index contributed by atoms with van der Waals surface area (Å²) in [6.07, 6.45) is 0. The first-order valence-electron chi connectivity index (χ1n) is 7.58. The normalized spacial score (nSPS) is 10.5. The molecule has 3 heteroatoms. The number of benzene rings is 3. The summed E-state index contributed by atoms with van der Waals surface area (Å²) >= 11 is 0. The van der Waals surface area contributed by atoms with Crippen LogP contribution in [0.1, 0.15) is 11.1 Å².